The van der Waals surface area contributed by atoms with Crippen molar-refractivity contribution in [3.05, 3.63) is 69.9 Å². The molecule has 122 valence electrons. The molecule has 1 unspecified atom stereocenters. The molecule has 0 spiro atoms. The molecular formula is C22H22S2. The van der Waals surface area contributed by atoms with Crippen LogP contribution < -0.4 is 0 Å². The zero-order valence-electron chi connectivity index (χ0n) is 14.4. The monoisotopic (exact) mass is 350 g/mol. The van der Waals surface area contributed by atoms with Crippen LogP contribution in [0.1, 0.15) is 48.6 Å². The van der Waals surface area contributed by atoms with Gasteiger partial charge in [0.1, 0.15) is 0 Å². The number of fused-ring (bicyclic) bond motifs is 2. The van der Waals surface area contributed by atoms with Crippen LogP contribution >= 0.6 is 22.7 Å². The van der Waals surface area contributed by atoms with Crippen LogP contribution in [-0.2, 0) is 6.42 Å². The second-order valence-corrected chi connectivity index (χ2v) is 9.10. The Hall–Kier alpha value is -1.64. The summed E-state index contributed by atoms with van der Waals surface area (Å²) in [4.78, 5) is 1.49. The van der Waals surface area contributed by atoms with Crippen LogP contribution in [0.15, 0.2) is 53.9 Å². The lowest BCUT2D eigenvalue weighted by molar-refractivity contribution is 0.770. The van der Waals surface area contributed by atoms with Gasteiger partial charge in [0.15, 0.2) is 0 Å². The van der Waals surface area contributed by atoms with Gasteiger partial charge in [-0.3, -0.25) is 0 Å². The van der Waals surface area contributed by atoms with Crippen molar-refractivity contribution in [2.24, 2.45) is 0 Å². The van der Waals surface area contributed by atoms with Gasteiger partial charge in [0.05, 0.1) is 0 Å². The molecule has 1 atom stereocenters. The Morgan fingerprint density at radius 3 is 2.46 bits per heavy atom. The van der Waals surface area contributed by atoms with Crippen LogP contribution in [-0.4, -0.2) is 0 Å². The van der Waals surface area contributed by atoms with Crippen molar-refractivity contribution in [3.8, 4) is 0 Å². The highest BCUT2D eigenvalue weighted by atomic mass is 32.1. The van der Waals surface area contributed by atoms with Crippen LogP contribution in [0.3, 0.4) is 0 Å². The molecule has 0 amide bonds. The molecule has 0 saturated carbocycles. The summed E-state index contributed by atoms with van der Waals surface area (Å²) in [7, 11) is 0. The van der Waals surface area contributed by atoms with Gasteiger partial charge in [0, 0.05) is 14.3 Å². The first-order chi connectivity index (χ1) is 11.6. The largest absolute Gasteiger partial charge is 0.144 e. The number of hydrogen-bond donors (Lipinski definition) is 0. The number of thiophene rings is 2. The van der Waals surface area contributed by atoms with E-state index in [1.54, 1.807) is 0 Å². The van der Waals surface area contributed by atoms with Crippen molar-refractivity contribution in [2.75, 3.05) is 0 Å². The fourth-order valence-electron chi connectivity index (χ4n) is 3.27. The number of benzene rings is 2. The van der Waals surface area contributed by atoms with E-state index in [1.807, 2.05) is 22.7 Å². The Bertz CT molecular complexity index is 987. The molecule has 4 rings (SSSR count). The van der Waals surface area contributed by atoms with Crippen molar-refractivity contribution in [1.29, 1.82) is 0 Å². The van der Waals surface area contributed by atoms with E-state index >= 15 is 0 Å². The van der Waals surface area contributed by atoms with Gasteiger partial charge < -0.3 is 0 Å². The van der Waals surface area contributed by atoms with Crippen molar-refractivity contribution >= 4 is 42.8 Å². The van der Waals surface area contributed by atoms with Gasteiger partial charge in [-0.05, 0) is 69.8 Å². The summed E-state index contributed by atoms with van der Waals surface area (Å²) >= 11 is 3.78. The van der Waals surface area contributed by atoms with Crippen molar-refractivity contribution in [3.63, 3.8) is 0 Å². The lowest BCUT2D eigenvalue weighted by Gasteiger charge is -2.10. The molecule has 2 aromatic heterocycles. The molecule has 2 heteroatoms. The lowest BCUT2D eigenvalue weighted by atomic mass is 9.96. The van der Waals surface area contributed by atoms with Crippen LogP contribution in [0, 0.1) is 0 Å². The smallest absolute Gasteiger partial charge is 0.0345 e. The molecule has 0 radical (unpaired) electrons. The summed E-state index contributed by atoms with van der Waals surface area (Å²) in [6.45, 7) is 6.87. The molecule has 0 saturated heterocycles. The summed E-state index contributed by atoms with van der Waals surface area (Å²) in [5.41, 5.74) is 2.88. The summed E-state index contributed by atoms with van der Waals surface area (Å²) in [6, 6.07) is 18.5. The van der Waals surface area contributed by atoms with Gasteiger partial charge >= 0.3 is 0 Å². The molecule has 0 aliphatic rings. The molecule has 0 N–H and O–H groups in total. The summed E-state index contributed by atoms with van der Waals surface area (Å²) in [5, 5.41) is 4.94. The van der Waals surface area contributed by atoms with Crippen LogP contribution in [0.4, 0.5) is 0 Å². The normalized spacial score (nSPS) is 13.2. The molecule has 0 aliphatic heterocycles. The second-order valence-electron chi connectivity index (χ2n) is 6.99. The molecule has 0 bridgehead atoms. The molecule has 0 fully saturated rings. The fraction of sp³-hybridized carbons (Fsp3) is 0.273. The van der Waals surface area contributed by atoms with Gasteiger partial charge in [-0.25, -0.2) is 0 Å². The molecule has 4 aromatic rings. The Kier molecular flexibility index (Phi) is 4.19. The van der Waals surface area contributed by atoms with Crippen molar-refractivity contribution in [1.82, 2.24) is 0 Å². The molecule has 0 aliphatic carbocycles. The predicted molar refractivity (Wildman–Crippen MR) is 110 cm³/mol. The summed E-state index contributed by atoms with van der Waals surface area (Å²) in [6.07, 6.45) is 1.12. The first kappa shape index (κ1) is 15.9. The third-order valence-corrected chi connectivity index (χ3v) is 6.83. The number of hydrogen-bond acceptors (Lipinski definition) is 2. The van der Waals surface area contributed by atoms with E-state index < -0.39 is 0 Å². The van der Waals surface area contributed by atoms with Gasteiger partial charge in [-0.1, -0.05) is 45.0 Å². The van der Waals surface area contributed by atoms with E-state index in [0.717, 1.165) is 6.42 Å². The maximum Gasteiger partial charge on any atom is 0.0345 e. The first-order valence-corrected chi connectivity index (χ1v) is 10.3. The van der Waals surface area contributed by atoms with E-state index in [1.165, 1.54) is 36.2 Å². The Labute approximate surface area is 151 Å². The van der Waals surface area contributed by atoms with Crippen molar-refractivity contribution < 1.29 is 0 Å². The maximum atomic E-state index is 2.39. The molecule has 2 heterocycles. The van der Waals surface area contributed by atoms with E-state index in [4.69, 9.17) is 0 Å². The van der Waals surface area contributed by atoms with E-state index in [0.29, 0.717) is 11.8 Å². The highest BCUT2D eigenvalue weighted by Gasteiger charge is 2.11. The minimum absolute atomic E-state index is 0.550. The van der Waals surface area contributed by atoms with Crippen LogP contribution in [0.5, 0.6) is 0 Å². The maximum absolute atomic E-state index is 2.39. The Morgan fingerprint density at radius 2 is 1.62 bits per heavy atom. The van der Waals surface area contributed by atoms with Crippen LogP contribution in [0.25, 0.3) is 20.2 Å². The minimum Gasteiger partial charge on any atom is -0.144 e. The molecule has 2 aromatic carbocycles. The topological polar surface area (TPSA) is 0 Å². The van der Waals surface area contributed by atoms with Crippen molar-refractivity contribution in [2.45, 2.75) is 39.0 Å². The zero-order valence-corrected chi connectivity index (χ0v) is 16.0. The highest BCUT2D eigenvalue weighted by Crippen LogP contribution is 2.33. The van der Waals surface area contributed by atoms with E-state index in [2.05, 4.69) is 74.7 Å². The summed E-state index contributed by atoms with van der Waals surface area (Å²) < 4.78 is 2.81. The standard InChI is InChI=1S/C22H22S2/c1-14(2)17-6-7-21-19(11-17)12-20(24-21)10-15(3)18-5-4-16-8-9-23-22(16)13-18/h4-9,11-15H,10H2,1-3H3. The SMILES string of the molecule is CC(C)c1ccc2sc(CC(C)c3ccc4ccsc4c3)cc2c1. The quantitative estimate of drug-likeness (QED) is 0.356. The highest BCUT2D eigenvalue weighted by molar-refractivity contribution is 7.19. The average Bonchev–Trinajstić information content (AvgIpc) is 3.18. The van der Waals surface area contributed by atoms with E-state index in [9.17, 15) is 0 Å². The van der Waals surface area contributed by atoms with Gasteiger partial charge in [0.25, 0.3) is 0 Å². The number of rotatable bonds is 4. The van der Waals surface area contributed by atoms with Gasteiger partial charge in [-0.15, -0.1) is 22.7 Å². The average molecular weight is 351 g/mol. The third kappa shape index (κ3) is 3.01. The molecule has 0 nitrogen and oxygen atoms in total. The Balaban J connectivity index is 1.60. The predicted octanol–water partition coefficient (Wildman–Crippen LogP) is 7.59. The zero-order chi connectivity index (χ0) is 16.7. The minimum atomic E-state index is 0.550. The first-order valence-electron chi connectivity index (χ1n) is 8.59. The lowest BCUT2D eigenvalue weighted by Crippen LogP contribution is -1.96. The second kappa shape index (κ2) is 6.34. The van der Waals surface area contributed by atoms with E-state index in [-0.39, 0.29) is 0 Å². The van der Waals surface area contributed by atoms with Gasteiger partial charge in [0.2, 0.25) is 0 Å². The molecular weight excluding hydrogens is 328 g/mol. The van der Waals surface area contributed by atoms with Crippen LogP contribution in [0.2, 0.25) is 0 Å². The molecule has 24 heavy (non-hydrogen) atoms. The Morgan fingerprint density at radius 1 is 0.792 bits per heavy atom. The fourth-order valence-corrected chi connectivity index (χ4v) is 5.29. The van der Waals surface area contributed by atoms with Gasteiger partial charge in [-0.2, -0.15) is 0 Å². The summed E-state index contributed by atoms with van der Waals surface area (Å²) in [5.74, 6) is 1.14. The third-order valence-electron chi connectivity index (χ3n) is 4.81.